The fourth-order valence-electron chi connectivity index (χ4n) is 2.02. The number of nitrogens with one attached hydrogen (secondary N) is 1. The molecule has 1 N–H and O–H groups in total. The predicted molar refractivity (Wildman–Crippen MR) is 97.5 cm³/mol. The van der Waals surface area contributed by atoms with Crippen LogP contribution in [0.3, 0.4) is 0 Å². The van der Waals surface area contributed by atoms with E-state index in [4.69, 9.17) is 16.3 Å². The van der Waals surface area contributed by atoms with Crippen LogP contribution in [0.15, 0.2) is 48.5 Å². The molecule has 126 valence electrons. The Morgan fingerprint density at radius 2 is 1.96 bits per heavy atom. The maximum atomic E-state index is 11.9. The highest BCUT2D eigenvalue weighted by molar-refractivity contribution is 7.00. The minimum absolute atomic E-state index is 0.391. The molecule has 0 saturated heterocycles. The van der Waals surface area contributed by atoms with Gasteiger partial charge in [-0.15, -0.1) is 0 Å². The number of fused-ring (bicyclic) bond motifs is 1. The molecule has 0 spiro atoms. The first-order valence-corrected chi connectivity index (χ1v) is 8.34. The van der Waals surface area contributed by atoms with E-state index in [1.165, 1.54) is 6.08 Å². The summed E-state index contributed by atoms with van der Waals surface area (Å²) in [6.45, 7) is -0.391. The molecule has 0 fully saturated rings. The monoisotopic (exact) mass is 373 g/mol. The van der Waals surface area contributed by atoms with Crippen LogP contribution in [-0.2, 0) is 14.3 Å². The molecule has 0 bridgehead atoms. The number of nitrogens with zero attached hydrogens (tertiary/aromatic N) is 2. The zero-order valence-corrected chi connectivity index (χ0v) is 14.4. The van der Waals surface area contributed by atoms with Gasteiger partial charge in [-0.05, 0) is 35.9 Å². The smallest absolute Gasteiger partial charge is 0.331 e. The van der Waals surface area contributed by atoms with Crippen molar-refractivity contribution < 1.29 is 14.3 Å². The lowest BCUT2D eigenvalue weighted by atomic mass is 10.2. The van der Waals surface area contributed by atoms with Crippen molar-refractivity contribution in [3.63, 3.8) is 0 Å². The minimum atomic E-state index is -0.612. The second-order valence-electron chi connectivity index (χ2n) is 4.98. The van der Waals surface area contributed by atoms with Gasteiger partial charge in [-0.25, -0.2) is 4.79 Å². The maximum Gasteiger partial charge on any atom is 0.331 e. The van der Waals surface area contributed by atoms with E-state index < -0.39 is 18.5 Å². The molecule has 0 aliphatic heterocycles. The highest BCUT2D eigenvalue weighted by Crippen LogP contribution is 2.20. The van der Waals surface area contributed by atoms with Crippen LogP contribution < -0.4 is 5.32 Å². The van der Waals surface area contributed by atoms with E-state index in [-0.39, 0.29) is 0 Å². The normalized spacial score (nSPS) is 10.9. The minimum Gasteiger partial charge on any atom is -0.452 e. The summed E-state index contributed by atoms with van der Waals surface area (Å²) >= 11 is 6.85. The Balaban J connectivity index is 1.52. The largest absolute Gasteiger partial charge is 0.452 e. The Kier molecular flexibility index (Phi) is 5.37. The van der Waals surface area contributed by atoms with Gasteiger partial charge in [-0.3, -0.25) is 4.79 Å². The molecule has 6 nitrogen and oxygen atoms in total. The van der Waals surface area contributed by atoms with E-state index in [1.807, 2.05) is 0 Å². The van der Waals surface area contributed by atoms with E-state index in [0.717, 1.165) is 17.3 Å². The molecule has 2 aromatic carbocycles. The lowest BCUT2D eigenvalue weighted by Crippen LogP contribution is -2.20. The summed E-state index contributed by atoms with van der Waals surface area (Å²) < 4.78 is 13.1. The van der Waals surface area contributed by atoms with Crippen molar-refractivity contribution in [2.45, 2.75) is 0 Å². The summed E-state index contributed by atoms with van der Waals surface area (Å²) in [6, 6.07) is 12.2. The number of rotatable bonds is 5. The molecule has 0 aliphatic carbocycles. The average Bonchev–Trinajstić information content (AvgIpc) is 3.09. The number of benzene rings is 2. The standard InChI is InChI=1S/C17H12ClN3O3S/c18-12-7-4-11(5-8-12)6-9-16(23)24-10-15(22)19-13-2-1-3-14-17(13)21-25-20-14/h1-9H,10H2,(H,19,22)/b9-6+. The molecule has 8 heteroatoms. The number of halogens is 1. The number of amides is 1. The molecule has 0 unspecified atom stereocenters. The Morgan fingerprint density at radius 3 is 2.76 bits per heavy atom. The Bertz CT molecular complexity index is 938. The molecule has 0 atom stereocenters. The highest BCUT2D eigenvalue weighted by atomic mass is 35.5. The van der Waals surface area contributed by atoms with E-state index in [1.54, 1.807) is 48.5 Å². The fraction of sp³-hybridized carbons (Fsp3) is 0.0588. The van der Waals surface area contributed by atoms with Crippen LogP contribution in [0.5, 0.6) is 0 Å². The van der Waals surface area contributed by atoms with Gasteiger partial charge in [0.05, 0.1) is 17.4 Å². The van der Waals surface area contributed by atoms with Crippen molar-refractivity contribution >= 4 is 58.0 Å². The summed E-state index contributed by atoms with van der Waals surface area (Å²) in [5.41, 5.74) is 2.64. The zero-order chi connectivity index (χ0) is 17.6. The van der Waals surface area contributed by atoms with Gasteiger partial charge in [0.15, 0.2) is 6.61 Å². The van der Waals surface area contributed by atoms with E-state index >= 15 is 0 Å². The summed E-state index contributed by atoms with van der Waals surface area (Å²) in [5, 5.41) is 3.27. The first kappa shape index (κ1) is 17.1. The van der Waals surface area contributed by atoms with Crippen LogP contribution in [0.25, 0.3) is 17.1 Å². The lowest BCUT2D eigenvalue weighted by molar-refractivity contribution is -0.142. The highest BCUT2D eigenvalue weighted by Gasteiger charge is 2.10. The van der Waals surface area contributed by atoms with E-state index in [0.29, 0.717) is 21.7 Å². The second kappa shape index (κ2) is 7.87. The molecular formula is C17H12ClN3O3S. The van der Waals surface area contributed by atoms with Gasteiger partial charge in [0.25, 0.3) is 5.91 Å². The molecule has 3 aromatic rings. The first-order chi connectivity index (χ1) is 12.1. The van der Waals surface area contributed by atoms with Crippen molar-refractivity contribution in [3.8, 4) is 0 Å². The summed E-state index contributed by atoms with van der Waals surface area (Å²) in [6.07, 6.45) is 2.83. The van der Waals surface area contributed by atoms with Crippen molar-refractivity contribution in [2.24, 2.45) is 0 Å². The second-order valence-corrected chi connectivity index (χ2v) is 5.94. The van der Waals surface area contributed by atoms with Crippen LogP contribution >= 0.6 is 23.3 Å². The molecule has 0 radical (unpaired) electrons. The van der Waals surface area contributed by atoms with Gasteiger partial charge >= 0.3 is 5.97 Å². The van der Waals surface area contributed by atoms with Crippen LogP contribution in [0, 0.1) is 0 Å². The van der Waals surface area contributed by atoms with Crippen molar-refractivity contribution in [1.29, 1.82) is 0 Å². The number of ether oxygens (including phenoxy) is 1. The molecule has 1 amide bonds. The predicted octanol–water partition coefficient (Wildman–Crippen LogP) is 3.54. The molecule has 25 heavy (non-hydrogen) atoms. The summed E-state index contributed by atoms with van der Waals surface area (Å²) in [7, 11) is 0. The third kappa shape index (κ3) is 4.62. The number of hydrogen-bond donors (Lipinski definition) is 1. The van der Waals surface area contributed by atoms with Gasteiger partial charge in [0.1, 0.15) is 11.0 Å². The number of carbonyl (C=O) groups is 2. The summed E-state index contributed by atoms with van der Waals surface area (Å²) in [4.78, 5) is 23.6. The van der Waals surface area contributed by atoms with Gasteiger partial charge < -0.3 is 10.1 Å². The third-order valence-corrected chi connectivity index (χ3v) is 3.98. The van der Waals surface area contributed by atoms with Gasteiger partial charge in [0, 0.05) is 11.1 Å². The van der Waals surface area contributed by atoms with Crippen LogP contribution in [0.1, 0.15) is 5.56 Å². The van der Waals surface area contributed by atoms with Crippen molar-refractivity contribution in [2.75, 3.05) is 11.9 Å². The van der Waals surface area contributed by atoms with E-state index in [2.05, 4.69) is 14.1 Å². The number of hydrogen-bond acceptors (Lipinski definition) is 6. The van der Waals surface area contributed by atoms with Crippen LogP contribution in [0.4, 0.5) is 5.69 Å². The van der Waals surface area contributed by atoms with Gasteiger partial charge in [-0.2, -0.15) is 8.75 Å². The molecular weight excluding hydrogens is 362 g/mol. The quantitative estimate of drug-likeness (QED) is 0.546. The number of esters is 1. The Labute approximate surface area is 152 Å². The van der Waals surface area contributed by atoms with Gasteiger partial charge in [0.2, 0.25) is 0 Å². The Hall–Kier alpha value is -2.77. The molecule has 0 aliphatic rings. The lowest BCUT2D eigenvalue weighted by Gasteiger charge is -2.05. The maximum absolute atomic E-state index is 11.9. The number of anilines is 1. The van der Waals surface area contributed by atoms with E-state index in [9.17, 15) is 9.59 Å². The SMILES string of the molecule is O=C(COC(=O)/C=C/c1ccc(Cl)cc1)Nc1cccc2nsnc12. The molecule has 1 aromatic heterocycles. The fourth-order valence-corrected chi connectivity index (χ4v) is 2.69. The molecule has 1 heterocycles. The average molecular weight is 374 g/mol. The first-order valence-electron chi connectivity index (χ1n) is 7.23. The van der Waals surface area contributed by atoms with Gasteiger partial charge in [-0.1, -0.05) is 29.8 Å². The zero-order valence-electron chi connectivity index (χ0n) is 12.8. The van der Waals surface area contributed by atoms with Crippen LogP contribution in [0.2, 0.25) is 5.02 Å². The third-order valence-electron chi connectivity index (χ3n) is 3.19. The summed E-state index contributed by atoms with van der Waals surface area (Å²) in [5.74, 6) is -1.06. The molecule has 0 saturated carbocycles. The number of carbonyl (C=O) groups excluding carboxylic acids is 2. The van der Waals surface area contributed by atoms with Crippen LogP contribution in [-0.4, -0.2) is 27.2 Å². The Morgan fingerprint density at radius 1 is 1.16 bits per heavy atom. The van der Waals surface area contributed by atoms with Crippen molar-refractivity contribution in [1.82, 2.24) is 8.75 Å². The van der Waals surface area contributed by atoms with Crippen molar-refractivity contribution in [3.05, 3.63) is 59.1 Å². The topological polar surface area (TPSA) is 81.2 Å². The number of aromatic nitrogens is 2. The molecule has 3 rings (SSSR count).